The molecule has 0 bridgehead atoms. The maximum absolute atomic E-state index is 12.9. The van der Waals surface area contributed by atoms with Crippen molar-refractivity contribution < 1.29 is 19.1 Å². The number of imidazole rings is 1. The smallest absolute Gasteiger partial charge is 0.328 e. The first-order valence-corrected chi connectivity index (χ1v) is 8.36. The third-order valence-electron chi connectivity index (χ3n) is 4.51. The van der Waals surface area contributed by atoms with Crippen LogP contribution in [0.5, 0.6) is 5.75 Å². The van der Waals surface area contributed by atoms with Crippen LogP contribution in [0.3, 0.4) is 0 Å². The molecule has 0 aliphatic carbocycles. The fourth-order valence-corrected chi connectivity index (χ4v) is 3.21. The molecule has 138 valence electrons. The van der Waals surface area contributed by atoms with Gasteiger partial charge in [-0.05, 0) is 13.0 Å². The highest BCUT2D eigenvalue weighted by Crippen LogP contribution is 2.37. The van der Waals surface area contributed by atoms with Crippen molar-refractivity contribution in [2.45, 2.75) is 25.4 Å². The Morgan fingerprint density at radius 1 is 1.35 bits per heavy atom. The first-order valence-electron chi connectivity index (χ1n) is 8.36. The van der Waals surface area contributed by atoms with Crippen molar-refractivity contribution in [3.05, 3.63) is 47.5 Å². The number of carbonyl (C=O) groups excluding carboxylic acids is 2. The first-order chi connectivity index (χ1) is 12.6. The van der Waals surface area contributed by atoms with Gasteiger partial charge in [0.1, 0.15) is 17.8 Å². The highest BCUT2D eigenvalue weighted by molar-refractivity contribution is 5.83. The Hall–Kier alpha value is -3.03. The van der Waals surface area contributed by atoms with Gasteiger partial charge >= 0.3 is 12.0 Å². The SMILES string of the molecule is COC(=O)[C@H](C)NC(=O)N1CCc2[nH]cnc2[C@H]1c1ccccc1OC. The van der Waals surface area contributed by atoms with Crippen LogP contribution >= 0.6 is 0 Å². The van der Waals surface area contributed by atoms with Crippen LogP contribution in [-0.2, 0) is 16.0 Å². The lowest BCUT2D eigenvalue weighted by atomic mass is 9.95. The second-order valence-corrected chi connectivity index (χ2v) is 6.05. The highest BCUT2D eigenvalue weighted by atomic mass is 16.5. The molecule has 0 saturated carbocycles. The molecule has 1 aromatic carbocycles. The lowest BCUT2D eigenvalue weighted by Crippen LogP contribution is -2.50. The first kappa shape index (κ1) is 17.8. The van der Waals surface area contributed by atoms with Crippen LogP contribution in [0.25, 0.3) is 0 Å². The van der Waals surface area contributed by atoms with Gasteiger partial charge in [-0.3, -0.25) is 0 Å². The van der Waals surface area contributed by atoms with Gasteiger partial charge in [0.2, 0.25) is 0 Å². The van der Waals surface area contributed by atoms with Crippen LogP contribution in [0.4, 0.5) is 4.79 Å². The molecule has 2 heterocycles. The van der Waals surface area contributed by atoms with Gasteiger partial charge in [0, 0.05) is 24.2 Å². The summed E-state index contributed by atoms with van der Waals surface area (Å²) >= 11 is 0. The van der Waals surface area contributed by atoms with Crippen LogP contribution in [0.15, 0.2) is 30.6 Å². The maximum atomic E-state index is 12.9. The van der Waals surface area contributed by atoms with Gasteiger partial charge in [0.05, 0.1) is 26.2 Å². The van der Waals surface area contributed by atoms with Crippen LogP contribution in [-0.4, -0.2) is 53.7 Å². The van der Waals surface area contributed by atoms with E-state index in [1.165, 1.54) is 7.11 Å². The van der Waals surface area contributed by atoms with Gasteiger partial charge in [-0.25, -0.2) is 14.6 Å². The number of nitrogens with one attached hydrogen (secondary N) is 2. The average Bonchev–Trinajstić information content (AvgIpc) is 3.15. The van der Waals surface area contributed by atoms with Gasteiger partial charge < -0.3 is 24.7 Å². The zero-order chi connectivity index (χ0) is 18.7. The topological polar surface area (TPSA) is 96.6 Å². The lowest BCUT2D eigenvalue weighted by Gasteiger charge is -2.36. The molecule has 1 aromatic heterocycles. The minimum absolute atomic E-state index is 0.354. The summed E-state index contributed by atoms with van der Waals surface area (Å²) in [6, 6.07) is 6.03. The molecule has 2 amide bonds. The van der Waals surface area contributed by atoms with E-state index in [4.69, 9.17) is 4.74 Å². The Bertz CT molecular complexity index is 804. The molecule has 8 nitrogen and oxygen atoms in total. The lowest BCUT2D eigenvalue weighted by molar-refractivity contribution is -0.142. The van der Waals surface area contributed by atoms with Gasteiger partial charge in [0.25, 0.3) is 0 Å². The van der Waals surface area contributed by atoms with E-state index in [0.717, 1.165) is 17.0 Å². The number of aromatic amines is 1. The molecule has 2 atom stereocenters. The number of aromatic nitrogens is 2. The van der Waals surface area contributed by atoms with Crippen LogP contribution in [0.2, 0.25) is 0 Å². The molecular formula is C18H22N4O4. The molecule has 0 radical (unpaired) electrons. The standard InChI is InChI=1S/C18H22N4O4/c1-11(17(23)26-3)21-18(24)22-9-8-13-15(20-10-19-13)16(22)12-6-4-5-7-14(12)25-2/h4-7,10-11,16H,8-9H2,1-3H3,(H,19,20)(H,21,24)/t11-,16+/m0/s1. The van der Waals surface area contributed by atoms with E-state index in [2.05, 4.69) is 20.0 Å². The zero-order valence-corrected chi connectivity index (χ0v) is 15.0. The minimum Gasteiger partial charge on any atom is -0.496 e. The molecule has 8 heteroatoms. The number of amides is 2. The number of fused-ring (bicyclic) bond motifs is 1. The summed E-state index contributed by atoms with van der Waals surface area (Å²) in [6.45, 7) is 2.07. The molecule has 0 saturated heterocycles. The van der Waals surface area contributed by atoms with E-state index in [0.29, 0.717) is 18.7 Å². The molecule has 26 heavy (non-hydrogen) atoms. The molecule has 3 rings (SSSR count). The molecule has 1 aliphatic heterocycles. The molecule has 2 N–H and O–H groups in total. The number of methoxy groups -OCH3 is 2. The van der Waals surface area contributed by atoms with Crippen molar-refractivity contribution in [2.75, 3.05) is 20.8 Å². The fourth-order valence-electron chi connectivity index (χ4n) is 3.21. The van der Waals surface area contributed by atoms with Crippen molar-refractivity contribution in [3.63, 3.8) is 0 Å². The number of esters is 1. The van der Waals surface area contributed by atoms with Crippen molar-refractivity contribution >= 4 is 12.0 Å². The Kier molecular flexibility index (Phi) is 5.11. The Morgan fingerprint density at radius 2 is 2.12 bits per heavy atom. The van der Waals surface area contributed by atoms with E-state index >= 15 is 0 Å². The predicted octanol–water partition coefficient (Wildman–Crippen LogP) is 1.64. The normalized spacial score (nSPS) is 17.2. The number of ether oxygens (including phenoxy) is 2. The Labute approximate surface area is 151 Å². The molecular weight excluding hydrogens is 336 g/mol. The van der Waals surface area contributed by atoms with Crippen molar-refractivity contribution in [3.8, 4) is 5.75 Å². The third-order valence-corrected chi connectivity index (χ3v) is 4.51. The Morgan fingerprint density at radius 3 is 2.85 bits per heavy atom. The number of hydrogen-bond donors (Lipinski definition) is 2. The van der Waals surface area contributed by atoms with E-state index in [9.17, 15) is 9.59 Å². The second kappa shape index (κ2) is 7.47. The predicted molar refractivity (Wildman–Crippen MR) is 93.8 cm³/mol. The average molecular weight is 358 g/mol. The van der Waals surface area contributed by atoms with Crippen LogP contribution in [0, 0.1) is 0 Å². The molecule has 0 fully saturated rings. The monoisotopic (exact) mass is 358 g/mol. The summed E-state index contributed by atoms with van der Waals surface area (Å²) in [5.74, 6) is 0.178. The quantitative estimate of drug-likeness (QED) is 0.810. The van der Waals surface area contributed by atoms with Crippen molar-refractivity contribution in [1.29, 1.82) is 0 Å². The summed E-state index contributed by atoms with van der Waals surface area (Å²) in [4.78, 5) is 33.8. The molecule has 1 aliphatic rings. The summed E-state index contributed by atoms with van der Waals surface area (Å²) in [7, 11) is 2.89. The number of urea groups is 1. The second-order valence-electron chi connectivity index (χ2n) is 6.05. The fraction of sp³-hybridized carbons (Fsp3) is 0.389. The minimum atomic E-state index is -0.744. The molecule has 0 unspecified atom stereocenters. The Balaban J connectivity index is 1.96. The van der Waals surface area contributed by atoms with E-state index in [1.807, 2.05) is 24.3 Å². The summed E-state index contributed by atoms with van der Waals surface area (Å²) in [5, 5.41) is 2.69. The van der Waals surface area contributed by atoms with E-state index < -0.39 is 18.1 Å². The van der Waals surface area contributed by atoms with Crippen LogP contribution < -0.4 is 10.1 Å². The highest BCUT2D eigenvalue weighted by Gasteiger charge is 2.36. The summed E-state index contributed by atoms with van der Waals surface area (Å²) in [6.07, 6.45) is 2.28. The molecule has 0 spiro atoms. The maximum Gasteiger partial charge on any atom is 0.328 e. The number of carbonyl (C=O) groups is 2. The van der Waals surface area contributed by atoms with Crippen molar-refractivity contribution in [2.24, 2.45) is 0 Å². The summed E-state index contributed by atoms with van der Waals surface area (Å²) < 4.78 is 10.2. The number of rotatable bonds is 4. The number of hydrogen-bond acceptors (Lipinski definition) is 5. The van der Waals surface area contributed by atoms with Gasteiger partial charge in [0.15, 0.2) is 0 Å². The molecule has 2 aromatic rings. The van der Waals surface area contributed by atoms with Gasteiger partial charge in [-0.15, -0.1) is 0 Å². The van der Waals surface area contributed by atoms with E-state index in [1.54, 1.807) is 25.3 Å². The zero-order valence-electron chi connectivity index (χ0n) is 15.0. The van der Waals surface area contributed by atoms with E-state index in [-0.39, 0.29) is 6.03 Å². The van der Waals surface area contributed by atoms with Gasteiger partial charge in [-0.2, -0.15) is 0 Å². The number of benzene rings is 1. The van der Waals surface area contributed by atoms with Gasteiger partial charge in [-0.1, -0.05) is 18.2 Å². The number of nitrogens with zero attached hydrogens (tertiary/aromatic N) is 2. The van der Waals surface area contributed by atoms with Crippen molar-refractivity contribution in [1.82, 2.24) is 20.2 Å². The number of H-pyrrole nitrogens is 1. The third kappa shape index (κ3) is 3.22. The van der Waals surface area contributed by atoms with Crippen LogP contribution in [0.1, 0.15) is 29.9 Å². The number of para-hydroxylation sites is 1. The largest absolute Gasteiger partial charge is 0.496 e. The summed E-state index contributed by atoms with van der Waals surface area (Å²) in [5.41, 5.74) is 2.61.